The predicted octanol–water partition coefficient (Wildman–Crippen LogP) is 3.86. The zero-order valence-electron chi connectivity index (χ0n) is 8.98. The molecule has 80 valence electrons. The number of hydrogen-bond acceptors (Lipinski definition) is 2. The fourth-order valence-corrected chi connectivity index (χ4v) is 2.83. The molecular formula is C13H16OS. The molecule has 0 radical (unpaired) electrons. The lowest BCUT2D eigenvalue weighted by Gasteiger charge is -2.19. The topological polar surface area (TPSA) is 9.23 Å². The van der Waals surface area contributed by atoms with E-state index in [2.05, 4.69) is 37.8 Å². The minimum Gasteiger partial charge on any atom is -0.357 e. The highest BCUT2D eigenvalue weighted by Gasteiger charge is 2.33. The van der Waals surface area contributed by atoms with Gasteiger partial charge in [0.15, 0.2) is 0 Å². The molecule has 2 atom stereocenters. The first-order chi connectivity index (χ1) is 7.22. The summed E-state index contributed by atoms with van der Waals surface area (Å²) in [4.78, 5) is 1.27. The zero-order chi connectivity index (χ0) is 10.7. The van der Waals surface area contributed by atoms with Gasteiger partial charge in [-0.15, -0.1) is 6.58 Å². The van der Waals surface area contributed by atoms with E-state index in [9.17, 15) is 0 Å². The fraction of sp³-hybridized carbons (Fsp3) is 0.385. The summed E-state index contributed by atoms with van der Waals surface area (Å²) < 4.78 is 5.95. The molecule has 0 unspecified atom stereocenters. The lowest BCUT2D eigenvalue weighted by Crippen LogP contribution is -2.20. The van der Waals surface area contributed by atoms with Crippen molar-refractivity contribution in [2.75, 3.05) is 0 Å². The lowest BCUT2D eigenvalue weighted by atomic mass is 10.0. The molecule has 0 bridgehead atoms. The first-order valence-corrected chi connectivity index (χ1v) is 6.13. The smallest absolute Gasteiger partial charge is 0.109 e. The molecule has 0 aliphatic carbocycles. The maximum atomic E-state index is 5.95. The summed E-state index contributed by atoms with van der Waals surface area (Å²) in [5, 5.41) is 0. The molecule has 15 heavy (non-hydrogen) atoms. The van der Waals surface area contributed by atoms with Crippen LogP contribution in [0.5, 0.6) is 0 Å². The van der Waals surface area contributed by atoms with Crippen molar-refractivity contribution < 1.29 is 4.74 Å². The molecule has 0 N–H and O–H groups in total. The van der Waals surface area contributed by atoms with Gasteiger partial charge in [0.2, 0.25) is 0 Å². The van der Waals surface area contributed by atoms with Crippen molar-refractivity contribution >= 4 is 11.8 Å². The average molecular weight is 220 g/mol. The summed E-state index contributed by atoms with van der Waals surface area (Å²) in [6, 6.07) is 10.4. The third-order valence-corrected chi connectivity index (χ3v) is 3.86. The van der Waals surface area contributed by atoms with Gasteiger partial charge in [-0.1, -0.05) is 36.0 Å². The van der Waals surface area contributed by atoms with E-state index >= 15 is 0 Å². The summed E-state index contributed by atoms with van der Waals surface area (Å²) in [7, 11) is 0. The van der Waals surface area contributed by atoms with Gasteiger partial charge in [-0.25, -0.2) is 0 Å². The van der Waals surface area contributed by atoms with Crippen LogP contribution in [0.25, 0.3) is 0 Å². The second-order valence-corrected chi connectivity index (χ2v) is 5.27. The molecule has 2 rings (SSSR count). The van der Waals surface area contributed by atoms with Gasteiger partial charge in [-0.3, -0.25) is 0 Å². The van der Waals surface area contributed by atoms with Crippen LogP contribution in [-0.2, 0) is 4.74 Å². The predicted molar refractivity (Wildman–Crippen MR) is 65.0 cm³/mol. The molecule has 0 spiro atoms. The van der Waals surface area contributed by atoms with Crippen LogP contribution in [0.2, 0.25) is 0 Å². The van der Waals surface area contributed by atoms with Gasteiger partial charge in [0.05, 0.1) is 5.60 Å². The fourth-order valence-electron chi connectivity index (χ4n) is 1.71. The van der Waals surface area contributed by atoms with Crippen molar-refractivity contribution in [1.82, 2.24) is 0 Å². The van der Waals surface area contributed by atoms with Gasteiger partial charge in [0.25, 0.3) is 0 Å². The highest BCUT2D eigenvalue weighted by molar-refractivity contribution is 7.99. The number of benzene rings is 1. The third kappa shape index (κ3) is 2.64. The number of hydrogen-bond donors (Lipinski definition) is 0. The quantitative estimate of drug-likeness (QED) is 0.715. The maximum Gasteiger partial charge on any atom is 0.109 e. The van der Waals surface area contributed by atoms with Crippen molar-refractivity contribution in [3.05, 3.63) is 43.0 Å². The van der Waals surface area contributed by atoms with E-state index in [4.69, 9.17) is 4.74 Å². The van der Waals surface area contributed by atoms with E-state index in [1.807, 2.05) is 12.1 Å². The Bertz CT molecular complexity index is 336. The van der Waals surface area contributed by atoms with Crippen LogP contribution in [0.1, 0.15) is 19.8 Å². The minimum atomic E-state index is -0.119. The van der Waals surface area contributed by atoms with Crippen molar-refractivity contribution in [3.8, 4) is 0 Å². The third-order valence-electron chi connectivity index (χ3n) is 2.72. The van der Waals surface area contributed by atoms with Crippen LogP contribution in [0, 0.1) is 0 Å². The summed E-state index contributed by atoms with van der Waals surface area (Å²) in [6.45, 7) is 5.92. The molecule has 1 heterocycles. The van der Waals surface area contributed by atoms with E-state index in [1.54, 1.807) is 11.8 Å². The largest absolute Gasteiger partial charge is 0.357 e. The highest BCUT2D eigenvalue weighted by atomic mass is 32.2. The Kier molecular flexibility index (Phi) is 3.17. The molecule has 0 amide bonds. The Balaban J connectivity index is 1.96. The van der Waals surface area contributed by atoms with Gasteiger partial charge in [-0.2, -0.15) is 0 Å². The van der Waals surface area contributed by atoms with Crippen molar-refractivity contribution in [2.24, 2.45) is 0 Å². The Morgan fingerprint density at radius 3 is 2.80 bits per heavy atom. The average Bonchev–Trinajstić information content (AvgIpc) is 2.63. The first-order valence-electron chi connectivity index (χ1n) is 5.25. The number of thioether (sulfide) groups is 1. The second kappa shape index (κ2) is 4.42. The molecule has 1 aromatic carbocycles. The molecule has 2 heteroatoms. The Morgan fingerprint density at radius 1 is 1.47 bits per heavy atom. The summed E-state index contributed by atoms with van der Waals surface area (Å²) in [6.07, 6.45) is 4.08. The standard InChI is InChI=1S/C13H16OS/c1-3-13(2)10-9-12(14-13)15-11-7-5-4-6-8-11/h3-8,12H,1,9-10H2,2H3/t12-,13+/m1/s1. The van der Waals surface area contributed by atoms with Crippen LogP contribution in [0.4, 0.5) is 0 Å². The summed E-state index contributed by atoms with van der Waals surface area (Å²) in [5.41, 5.74) is 0.155. The molecule has 1 nitrogen and oxygen atoms in total. The minimum absolute atomic E-state index is 0.119. The van der Waals surface area contributed by atoms with Crippen LogP contribution in [0.15, 0.2) is 47.9 Å². The molecule has 1 aliphatic rings. The van der Waals surface area contributed by atoms with Gasteiger partial charge >= 0.3 is 0 Å². The monoisotopic (exact) mass is 220 g/mol. The highest BCUT2D eigenvalue weighted by Crippen LogP contribution is 2.39. The maximum absolute atomic E-state index is 5.95. The van der Waals surface area contributed by atoms with E-state index in [0.29, 0.717) is 0 Å². The van der Waals surface area contributed by atoms with Crippen molar-refractivity contribution in [1.29, 1.82) is 0 Å². The van der Waals surface area contributed by atoms with Gasteiger partial charge < -0.3 is 4.74 Å². The molecule has 1 fully saturated rings. The first kappa shape index (κ1) is 10.8. The van der Waals surface area contributed by atoms with Crippen molar-refractivity contribution in [2.45, 2.75) is 35.7 Å². The van der Waals surface area contributed by atoms with Gasteiger partial charge in [-0.05, 0) is 31.9 Å². The molecule has 1 saturated heterocycles. The van der Waals surface area contributed by atoms with E-state index < -0.39 is 0 Å². The Hall–Kier alpha value is -0.730. The lowest BCUT2D eigenvalue weighted by molar-refractivity contribution is 0.0455. The molecule has 1 aromatic rings. The van der Waals surface area contributed by atoms with Crippen LogP contribution < -0.4 is 0 Å². The zero-order valence-corrected chi connectivity index (χ0v) is 9.80. The molecular weight excluding hydrogens is 204 g/mol. The number of rotatable bonds is 3. The van der Waals surface area contributed by atoms with Gasteiger partial charge in [0, 0.05) is 4.90 Å². The van der Waals surface area contributed by atoms with E-state index in [0.717, 1.165) is 12.8 Å². The normalized spacial score (nSPS) is 30.3. The van der Waals surface area contributed by atoms with Gasteiger partial charge in [0.1, 0.15) is 5.44 Å². The molecule has 0 aromatic heterocycles. The SMILES string of the molecule is C=C[C@@]1(C)CC[C@@H](Sc2ccccc2)O1. The van der Waals surface area contributed by atoms with Crippen LogP contribution in [0.3, 0.4) is 0 Å². The molecule has 1 aliphatic heterocycles. The summed E-state index contributed by atoms with van der Waals surface area (Å²) >= 11 is 1.80. The van der Waals surface area contributed by atoms with Crippen LogP contribution >= 0.6 is 11.8 Å². The number of ether oxygens (including phenoxy) is 1. The second-order valence-electron chi connectivity index (χ2n) is 4.03. The van der Waals surface area contributed by atoms with Crippen molar-refractivity contribution in [3.63, 3.8) is 0 Å². The van der Waals surface area contributed by atoms with E-state index in [-0.39, 0.29) is 11.0 Å². The summed E-state index contributed by atoms with van der Waals surface area (Å²) in [5.74, 6) is 0. The molecule has 0 saturated carbocycles. The van der Waals surface area contributed by atoms with E-state index in [1.165, 1.54) is 4.90 Å². The Morgan fingerprint density at radius 2 is 2.20 bits per heavy atom. The van der Waals surface area contributed by atoms with Crippen LogP contribution in [-0.4, -0.2) is 11.0 Å². The Labute approximate surface area is 95.5 Å².